The van der Waals surface area contributed by atoms with Crippen molar-refractivity contribution < 1.29 is 27.5 Å². The van der Waals surface area contributed by atoms with Gasteiger partial charge in [-0.1, -0.05) is 16.6 Å². The number of ether oxygens (including phenoxy) is 2. The van der Waals surface area contributed by atoms with Crippen molar-refractivity contribution in [3.8, 4) is 11.5 Å². The Bertz CT molecular complexity index is 928. The summed E-state index contributed by atoms with van der Waals surface area (Å²) in [5.74, 6) is 0.889. The van der Waals surface area contributed by atoms with E-state index in [1.807, 2.05) is 12.1 Å². The van der Waals surface area contributed by atoms with Crippen molar-refractivity contribution in [1.82, 2.24) is 9.37 Å². The number of benzene rings is 2. The zero-order valence-electron chi connectivity index (χ0n) is 16.5. The van der Waals surface area contributed by atoms with Crippen LogP contribution in [0.3, 0.4) is 0 Å². The van der Waals surface area contributed by atoms with Gasteiger partial charge in [0.15, 0.2) is 11.5 Å². The van der Waals surface area contributed by atoms with Gasteiger partial charge in [0.05, 0.1) is 26.2 Å². The first-order valence-corrected chi connectivity index (χ1v) is 9.78. The fourth-order valence-electron chi connectivity index (χ4n) is 2.64. The standard InChI is InChI=1S/C19H24N2O6S/c1-20(13-15-7-6-8-17(25-3)18(15)26-4)19(22)14-9-11-16(12-10-14)28(23,24)21(2)27-5/h6-12H,13H2,1-5H3. The number of hydrogen-bond donors (Lipinski definition) is 0. The highest BCUT2D eigenvalue weighted by Gasteiger charge is 2.22. The van der Waals surface area contributed by atoms with E-state index in [0.717, 1.165) is 10.0 Å². The summed E-state index contributed by atoms with van der Waals surface area (Å²) in [4.78, 5) is 19.0. The number of amides is 1. The Labute approximate surface area is 165 Å². The van der Waals surface area contributed by atoms with Crippen molar-refractivity contribution in [2.45, 2.75) is 11.4 Å². The van der Waals surface area contributed by atoms with Crippen LogP contribution in [0.4, 0.5) is 0 Å². The lowest BCUT2D eigenvalue weighted by Gasteiger charge is -2.20. The highest BCUT2D eigenvalue weighted by molar-refractivity contribution is 7.89. The van der Waals surface area contributed by atoms with Gasteiger partial charge in [0.1, 0.15) is 0 Å². The molecule has 1 amide bonds. The summed E-state index contributed by atoms with van der Waals surface area (Å²) in [7, 11) is 3.54. The van der Waals surface area contributed by atoms with E-state index >= 15 is 0 Å². The van der Waals surface area contributed by atoms with Crippen molar-refractivity contribution in [1.29, 1.82) is 0 Å². The first kappa shape index (κ1) is 21.7. The van der Waals surface area contributed by atoms with Crippen molar-refractivity contribution in [3.05, 3.63) is 53.6 Å². The van der Waals surface area contributed by atoms with Crippen molar-refractivity contribution in [2.24, 2.45) is 0 Å². The van der Waals surface area contributed by atoms with Crippen LogP contribution in [0.5, 0.6) is 11.5 Å². The molecule has 0 atom stereocenters. The summed E-state index contributed by atoms with van der Waals surface area (Å²) in [6.07, 6.45) is 0. The van der Waals surface area contributed by atoms with Crippen LogP contribution in [0.25, 0.3) is 0 Å². The maximum Gasteiger partial charge on any atom is 0.264 e. The Morgan fingerprint density at radius 1 is 0.964 bits per heavy atom. The zero-order chi connectivity index (χ0) is 20.9. The molecule has 0 saturated heterocycles. The molecule has 0 aromatic heterocycles. The van der Waals surface area contributed by atoms with Gasteiger partial charge < -0.3 is 14.4 Å². The topological polar surface area (TPSA) is 85.4 Å². The molecular weight excluding hydrogens is 384 g/mol. The van der Waals surface area contributed by atoms with Gasteiger partial charge in [0, 0.05) is 31.8 Å². The first-order chi connectivity index (χ1) is 13.3. The number of carbonyl (C=O) groups is 1. The monoisotopic (exact) mass is 408 g/mol. The molecule has 0 spiro atoms. The number of hydrogen-bond acceptors (Lipinski definition) is 6. The lowest BCUT2D eigenvalue weighted by Crippen LogP contribution is -2.27. The summed E-state index contributed by atoms with van der Waals surface area (Å²) >= 11 is 0. The molecule has 0 aliphatic heterocycles. The molecule has 0 fully saturated rings. The molecule has 9 heteroatoms. The lowest BCUT2D eigenvalue weighted by atomic mass is 10.1. The van der Waals surface area contributed by atoms with E-state index in [-0.39, 0.29) is 10.8 Å². The summed E-state index contributed by atoms with van der Waals surface area (Å²) < 4.78 is 35.9. The number of carbonyl (C=O) groups excluding carboxylic acids is 1. The fraction of sp³-hybridized carbons (Fsp3) is 0.316. The fourth-order valence-corrected chi connectivity index (χ4v) is 3.62. The molecular formula is C19H24N2O6S. The smallest absolute Gasteiger partial charge is 0.264 e. The molecule has 0 unspecified atom stereocenters. The number of sulfonamides is 1. The molecule has 0 heterocycles. The van der Waals surface area contributed by atoms with Crippen molar-refractivity contribution in [2.75, 3.05) is 35.4 Å². The van der Waals surface area contributed by atoms with Gasteiger partial charge in [-0.05, 0) is 30.3 Å². The molecule has 0 radical (unpaired) electrons. The Morgan fingerprint density at radius 3 is 2.14 bits per heavy atom. The van der Waals surface area contributed by atoms with Gasteiger partial charge in [-0.2, -0.15) is 0 Å². The van der Waals surface area contributed by atoms with E-state index in [4.69, 9.17) is 14.3 Å². The van der Waals surface area contributed by atoms with Crippen molar-refractivity contribution >= 4 is 15.9 Å². The summed E-state index contributed by atoms with van der Waals surface area (Å²) in [6, 6.07) is 11.1. The van der Waals surface area contributed by atoms with E-state index in [1.54, 1.807) is 27.3 Å². The number of para-hydroxylation sites is 1. The van der Waals surface area contributed by atoms with Crippen LogP contribution in [0.15, 0.2) is 47.4 Å². The molecule has 0 aliphatic carbocycles. The number of nitrogens with zero attached hydrogens (tertiary/aromatic N) is 2. The van der Waals surface area contributed by atoms with Gasteiger partial charge in [0.25, 0.3) is 15.9 Å². The van der Waals surface area contributed by atoms with Crippen LogP contribution in [-0.2, 0) is 21.4 Å². The average molecular weight is 408 g/mol. The zero-order valence-corrected chi connectivity index (χ0v) is 17.3. The van der Waals surface area contributed by atoms with E-state index in [0.29, 0.717) is 23.6 Å². The second-order valence-electron chi connectivity index (χ2n) is 5.94. The Balaban J connectivity index is 2.21. The minimum Gasteiger partial charge on any atom is -0.493 e. The Morgan fingerprint density at radius 2 is 1.61 bits per heavy atom. The molecule has 0 bridgehead atoms. The molecule has 0 saturated carbocycles. The maximum atomic E-state index is 12.7. The van der Waals surface area contributed by atoms with Crippen LogP contribution < -0.4 is 9.47 Å². The quantitative estimate of drug-likeness (QED) is 0.623. The number of hydroxylamine groups is 1. The van der Waals surface area contributed by atoms with E-state index in [1.165, 1.54) is 43.3 Å². The molecule has 2 rings (SSSR count). The molecule has 0 N–H and O–H groups in total. The Kier molecular flexibility index (Phi) is 7.00. The van der Waals surface area contributed by atoms with Crippen LogP contribution in [-0.4, -0.2) is 59.1 Å². The molecule has 8 nitrogen and oxygen atoms in total. The molecule has 152 valence electrons. The normalized spacial score (nSPS) is 11.4. The highest BCUT2D eigenvalue weighted by atomic mass is 32.2. The minimum absolute atomic E-state index is 0.0329. The summed E-state index contributed by atoms with van der Waals surface area (Å²) in [6.45, 7) is 0.297. The average Bonchev–Trinajstić information content (AvgIpc) is 2.72. The van der Waals surface area contributed by atoms with Gasteiger partial charge >= 0.3 is 0 Å². The predicted molar refractivity (Wildman–Crippen MR) is 104 cm³/mol. The van der Waals surface area contributed by atoms with E-state index < -0.39 is 10.0 Å². The largest absolute Gasteiger partial charge is 0.493 e. The van der Waals surface area contributed by atoms with Gasteiger partial charge in [-0.25, -0.2) is 8.42 Å². The summed E-state index contributed by atoms with van der Waals surface area (Å²) in [5, 5.41) is 0. The third-order valence-electron chi connectivity index (χ3n) is 4.23. The second kappa shape index (κ2) is 9.05. The van der Waals surface area contributed by atoms with Gasteiger partial charge in [-0.15, -0.1) is 0 Å². The highest BCUT2D eigenvalue weighted by Crippen LogP contribution is 2.31. The summed E-state index contributed by atoms with van der Waals surface area (Å²) in [5.41, 5.74) is 1.15. The molecule has 28 heavy (non-hydrogen) atoms. The number of rotatable bonds is 8. The molecule has 2 aromatic rings. The van der Waals surface area contributed by atoms with Crippen LogP contribution in [0.2, 0.25) is 0 Å². The second-order valence-corrected chi connectivity index (χ2v) is 7.87. The maximum absolute atomic E-state index is 12.7. The van der Waals surface area contributed by atoms with Gasteiger partial charge in [0.2, 0.25) is 0 Å². The molecule has 0 aliphatic rings. The predicted octanol–water partition coefficient (Wildman–Crippen LogP) is 2.16. The van der Waals surface area contributed by atoms with E-state index in [9.17, 15) is 13.2 Å². The lowest BCUT2D eigenvalue weighted by molar-refractivity contribution is -0.0258. The van der Waals surface area contributed by atoms with Crippen LogP contribution >= 0.6 is 0 Å². The van der Waals surface area contributed by atoms with Crippen LogP contribution in [0.1, 0.15) is 15.9 Å². The molecule has 2 aromatic carbocycles. The van der Waals surface area contributed by atoms with E-state index in [2.05, 4.69) is 0 Å². The van der Waals surface area contributed by atoms with Crippen molar-refractivity contribution in [3.63, 3.8) is 0 Å². The van der Waals surface area contributed by atoms with Gasteiger partial charge in [-0.3, -0.25) is 9.63 Å². The first-order valence-electron chi connectivity index (χ1n) is 8.34. The third kappa shape index (κ3) is 4.44. The van der Waals surface area contributed by atoms with Crippen LogP contribution in [0, 0.1) is 0 Å². The number of methoxy groups -OCH3 is 2. The third-order valence-corrected chi connectivity index (χ3v) is 5.93. The minimum atomic E-state index is -3.76. The SMILES string of the molecule is COc1cccc(CN(C)C(=O)c2ccc(S(=O)(=O)N(C)OC)cc2)c1OC. The Hall–Kier alpha value is -2.62.